The van der Waals surface area contributed by atoms with Gasteiger partial charge in [0, 0.05) is 0 Å². The first kappa shape index (κ1) is 8.79. The third-order valence-electron chi connectivity index (χ3n) is 3.06. The molecule has 0 heterocycles. The van der Waals surface area contributed by atoms with E-state index in [0.29, 0.717) is 11.3 Å². The van der Waals surface area contributed by atoms with Crippen LogP contribution in [0.15, 0.2) is 12.2 Å². The molecular weight excluding hydrogens is 136 g/mol. The van der Waals surface area contributed by atoms with Gasteiger partial charge in [0.2, 0.25) is 0 Å². The molecule has 64 valence electrons. The van der Waals surface area contributed by atoms with E-state index in [9.17, 15) is 5.11 Å². The molecular formula is C10H18O. The van der Waals surface area contributed by atoms with E-state index in [-0.39, 0.29) is 0 Å². The molecule has 2 unspecified atom stereocenters. The van der Waals surface area contributed by atoms with Crippen LogP contribution in [0.3, 0.4) is 0 Å². The van der Waals surface area contributed by atoms with Crippen LogP contribution < -0.4 is 0 Å². The van der Waals surface area contributed by atoms with Crippen molar-refractivity contribution in [1.29, 1.82) is 0 Å². The molecule has 11 heavy (non-hydrogen) atoms. The predicted molar refractivity (Wildman–Crippen MR) is 47.3 cm³/mol. The molecule has 1 nitrogen and oxygen atoms in total. The molecule has 0 spiro atoms. The van der Waals surface area contributed by atoms with Gasteiger partial charge >= 0.3 is 0 Å². The Morgan fingerprint density at radius 2 is 2.00 bits per heavy atom. The highest BCUT2D eigenvalue weighted by molar-refractivity contribution is 5.18. The smallest absolute Gasteiger partial charge is 0.0856 e. The van der Waals surface area contributed by atoms with Crippen LogP contribution in [0, 0.1) is 11.3 Å². The number of hydrogen-bond acceptors (Lipinski definition) is 1. The Morgan fingerprint density at radius 1 is 1.64 bits per heavy atom. The molecule has 1 heteroatoms. The molecule has 0 bridgehead atoms. The van der Waals surface area contributed by atoms with E-state index in [1.54, 1.807) is 0 Å². The Kier molecular flexibility index (Phi) is 1.68. The van der Waals surface area contributed by atoms with Crippen LogP contribution in [0.5, 0.6) is 0 Å². The maximum absolute atomic E-state index is 9.97. The number of hydrogen-bond donors (Lipinski definition) is 1. The Labute approximate surface area is 69.1 Å². The second-order valence-electron chi connectivity index (χ2n) is 4.67. The Hall–Kier alpha value is -0.300. The lowest BCUT2D eigenvalue weighted by Gasteiger charge is -2.25. The van der Waals surface area contributed by atoms with Gasteiger partial charge in [0.05, 0.1) is 5.60 Å². The molecule has 0 radical (unpaired) electrons. The van der Waals surface area contributed by atoms with Crippen molar-refractivity contribution >= 4 is 0 Å². The fraction of sp³-hybridized carbons (Fsp3) is 0.800. The standard InChI is InChI=1S/C10H18O/c1-7(2)10(5,11)8-6-9(8,3)4/h8,11H,1,6H2,2-5H3. The minimum Gasteiger partial charge on any atom is -0.386 e. The summed E-state index contributed by atoms with van der Waals surface area (Å²) in [6, 6.07) is 0. The van der Waals surface area contributed by atoms with Gasteiger partial charge in [-0.25, -0.2) is 0 Å². The number of rotatable bonds is 2. The van der Waals surface area contributed by atoms with Crippen molar-refractivity contribution in [1.82, 2.24) is 0 Å². The summed E-state index contributed by atoms with van der Waals surface area (Å²) in [5, 5.41) is 9.97. The molecule has 0 aromatic heterocycles. The van der Waals surface area contributed by atoms with E-state index in [0.717, 1.165) is 12.0 Å². The highest BCUT2D eigenvalue weighted by Gasteiger charge is 2.55. The van der Waals surface area contributed by atoms with Gasteiger partial charge in [-0.05, 0) is 37.2 Å². The molecule has 1 N–H and O–H groups in total. The third-order valence-corrected chi connectivity index (χ3v) is 3.06. The Bertz CT molecular complexity index is 189. The molecule has 0 amide bonds. The summed E-state index contributed by atoms with van der Waals surface area (Å²) in [5.41, 5.74) is 0.555. The summed E-state index contributed by atoms with van der Waals surface area (Å²) in [5.74, 6) is 0.410. The van der Waals surface area contributed by atoms with E-state index in [4.69, 9.17) is 0 Å². The zero-order chi connectivity index (χ0) is 8.86. The van der Waals surface area contributed by atoms with Gasteiger partial charge in [0.1, 0.15) is 0 Å². The van der Waals surface area contributed by atoms with E-state index in [1.807, 2.05) is 13.8 Å². The summed E-state index contributed by atoms with van der Waals surface area (Å²) in [6.45, 7) is 11.9. The van der Waals surface area contributed by atoms with Gasteiger partial charge in [-0.1, -0.05) is 20.4 Å². The maximum atomic E-state index is 9.97. The first-order valence-corrected chi connectivity index (χ1v) is 4.17. The van der Waals surface area contributed by atoms with Gasteiger partial charge in [-0.3, -0.25) is 0 Å². The SMILES string of the molecule is C=C(C)C(C)(O)C1CC1(C)C. The fourth-order valence-electron chi connectivity index (χ4n) is 1.72. The summed E-state index contributed by atoms with van der Waals surface area (Å²) < 4.78 is 0. The second kappa shape index (κ2) is 2.10. The van der Waals surface area contributed by atoms with Crippen molar-refractivity contribution in [3.63, 3.8) is 0 Å². The highest BCUT2D eigenvalue weighted by atomic mass is 16.3. The number of aliphatic hydroxyl groups is 1. The Balaban J connectivity index is 2.70. The van der Waals surface area contributed by atoms with Crippen LogP contribution in [0.1, 0.15) is 34.1 Å². The molecule has 1 aliphatic carbocycles. The maximum Gasteiger partial charge on any atom is 0.0856 e. The molecule has 1 aliphatic rings. The molecule has 1 saturated carbocycles. The molecule has 1 rings (SSSR count). The fourth-order valence-corrected chi connectivity index (χ4v) is 1.72. The lowest BCUT2D eigenvalue weighted by molar-refractivity contribution is 0.0625. The molecule has 0 aromatic carbocycles. The van der Waals surface area contributed by atoms with Crippen LogP contribution in [0.25, 0.3) is 0 Å². The molecule has 1 fully saturated rings. The largest absolute Gasteiger partial charge is 0.386 e. The molecule has 2 atom stereocenters. The molecule has 0 aromatic rings. The predicted octanol–water partition coefficient (Wildman–Crippen LogP) is 2.36. The normalized spacial score (nSPS) is 32.6. The van der Waals surface area contributed by atoms with Crippen molar-refractivity contribution in [2.24, 2.45) is 11.3 Å². The van der Waals surface area contributed by atoms with Gasteiger partial charge in [-0.2, -0.15) is 0 Å². The zero-order valence-electron chi connectivity index (χ0n) is 7.94. The average Bonchev–Trinajstić information content (AvgIpc) is 2.40. The molecule has 0 aliphatic heterocycles. The monoisotopic (exact) mass is 154 g/mol. The van der Waals surface area contributed by atoms with Crippen molar-refractivity contribution in [2.45, 2.75) is 39.7 Å². The third kappa shape index (κ3) is 1.34. The summed E-state index contributed by atoms with van der Waals surface area (Å²) in [4.78, 5) is 0. The van der Waals surface area contributed by atoms with E-state index in [1.165, 1.54) is 0 Å². The average molecular weight is 154 g/mol. The van der Waals surface area contributed by atoms with Gasteiger partial charge < -0.3 is 5.11 Å². The van der Waals surface area contributed by atoms with Crippen LogP contribution in [0.2, 0.25) is 0 Å². The first-order chi connectivity index (χ1) is 4.78. The van der Waals surface area contributed by atoms with E-state index < -0.39 is 5.60 Å². The minimum atomic E-state index is -0.649. The summed E-state index contributed by atoms with van der Waals surface area (Å²) >= 11 is 0. The van der Waals surface area contributed by atoms with E-state index >= 15 is 0 Å². The second-order valence-corrected chi connectivity index (χ2v) is 4.67. The van der Waals surface area contributed by atoms with Crippen molar-refractivity contribution in [3.05, 3.63) is 12.2 Å². The Morgan fingerprint density at radius 3 is 2.09 bits per heavy atom. The van der Waals surface area contributed by atoms with Gasteiger partial charge in [0.25, 0.3) is 0 Å². The van der Waals surface area contributed by atoms with Crippen LogP contribution in [-0.2, 0) is 0 Å². The first-order valence-electron chi connectivity index (χ1n) is 4.17. The molecule has 0 saturated heterocycles. The summed E-state index contributed by atoms with van der Waals surface area (Å²) in [7, 11) is 0. The van der Waals surface area contributed by atoms with Crippen molar-refractivity contribution in [3.8, 4) is 0 Å². The minimum absolute atomic E-state index is 0.322. The quantitative estimate of drug-likeness (QED) is 0.605. The van der Waals surface area contributed by atoms with Crippen LogP contribution in [0.4, 0.5) is 0 Å². The highest BCUT2D eigenvalue weighted by Crippen LogP contribution is 2.58. The van der Waals surface area contributed by atoms with Crippen molar-refractivity contribution < 1.29 is 5.11 Å². The zero-order valence-corrected chi connectivity index (χ0v) is 7.94. The van der Waals surface area contributed by atoms with Crippen LogP contribution >= 0.6 is 0 Å². The van der Waals surface area contributed by atoms with Gasteiger partial charge in [-0.15, -0.1) is 0 Å². The lowest BCUT2D eigenvalue weighted by Crippen LogP contribution is -2.30. The van der Waals surface area contributed by atoms with E-state index in [2.05, 4.69) is 20.4 Å². The van der Waals surface area contributed by atoms with Crippen molar-refractivity contribution in [2.75, 3.05) is 0 Å². The topological polar surface area (TPSA) is 20.2 Å². The van der Waals surface area contributed by atoms with Gasteiger partial charge in [0.15, 0.2) is 0 Å². The lowest BCUT2D eigenvalue weighted by atomic mass is 9.89. The summed E-state index contributed by atoms with van der Waals surface area (Å²) in [6.07, 6.45) is 1.12. The van der Waals surface area contributed by atoms with Crippen LogP contribution in [-0.4, -0.2) is 10.7 Å².